The van der Waals surface area contributed by atoms with E-state index in [0.717, 1.165) is 4.70 Å². The Kier molecular flexibility index (Phi) is 5.74. The summed E-state index contributed by atoms with van der Waals surface area (Å²) < 4.78 is 13.8. The molecule has 0 fully saturated rings. The van der Waals surface area contributed by atoms with Gasteiger partial charge < -0.3 is 10.2 Å². The number of rotatable bonds is 5. The summed E-state index contributed by atoms with van der Waals surface area (Å²) in [5.41, 5.74) is 0.503. The van der Waals surface area contributed by atoms with Gasteiger partial charge in [-0.15, -0.1) is 0 Å². The number of aromatic nitrogens is 1. The van der Waals surface area contributed by atoms with Gasteiger partial charge in [-0.1, -0.05) is 11.3 Å². The minimum atomic E-state index is -0.404. The van der Waals surface area contributed by atoms with Crippen molar-refractivity contribution in [1.82, 2.24) is 4.98 Å². The van der Waals surface area contributed by atoms with Crippen molar-refractivity contribution in [2.45, 2.75) is 39.8 Å². The molecule has 3 rings (SSSR count). The molecule has 0 bridgehead atoms. The van der Waals surface area contributed by atoms with Crippen molar-refractivity contribution in [1.29, 1.82) is 0 Å². The maximum absolute atomic E-state index is 13.0. The molecule has 0 aliphatic carbocycles. The smallest absolute Gasteiger partial charge is 0.281 e. The molecule has 2 aromatic carbocycles. The van der Waals surface area contributed by atoms with Gasteiger partial charge in [0.2, 0.25) is 0 Å². The second-order valence-corrected chi connectivity index (χ2v) is 8.08. The Labute approximate surface area is 166 Å². The number of amides is 1. The monoisotopic (exact) mass is 399 g/mol. The van der Waals surface area contributed by atoms with Crippen molar-refractivity contribution < 1.29 is 9.18 Å². The van der Waals surface area contributed by atoms with Gasteiger partial charge in [-0.25, -0.2) is 4.39 Å². The van der Waals surface area contributed by atoms with E-state index in [4.69, 9.17) is 0 Å². The third-order valence-electron chi connectivity index (χ3n) is 4.31. The molecule has 0 spiro atoms. The molecule has 0 atom stereocenters. The highest BCUT2D eigenvalue weighted by Crippen LogP contribution is 2.28. The molecular weight excluding hydrogens is 377 g/mol. The van der Waals surface area contributed by atoms with Crippen LogP contribution in [0.1, 0.15) is 38.1 Å². The molecule has 3 aromatic rings. The molecule has 0 radical (unpaired) electrons. The molecule has 5 nitrogen and oxygen atoms in total. The lowest BCUT2D eigenvalue weighted by Crippen LogP contribution is -2.38. The van der Waals surface area contributed by atoms with Crippen LogP contribution in [0.3, 0.4) is 0 Å². The number of anilines is 2. The van der Waals surface area contributed by atoms with Crippen molar-refractivity contribution in [3.05, 3.63) is 64.2 Å². The van der Waals surface area contributed by atoms with Gasteiger partial charge in [0.1, 0.15) is 5.82 Å². The number of hydrogen-bond acceptors (Lipinski definition) is 5. The average Bonchev–Trinajstić information content (AvgIpc) is 2.62. The van der Waals surface area contributed by atoms with Crippen LogP contribution in [0.4, 0.5) is 15.2 Å². The van der Waals surface area contributed by atoms with Crippen LogP contribution < -0.4 is 15.8 Å². The number of fused-ring (bicyclic) bond motifs is 1. The quantitative estimate of drug-likeness (QED) is 0.677. The number of carbonyl (C=O) groups excluding carboxylic acids is 1. The molecular formula is C21H22FN3O2S. The lowest BCUT2D eigenvalue weighted by Gasteiger charge is -2.31. The van der Waals surface area contributed by atoms with Crippen molar-refractivity contribution >= 4 is 38.1 Å². The first-order valence-electron chi connectivity index (χ1n) is 9.06. The van der Waals surface area contributed by atoms with E-state index in [9.17, 15) is 14.0 Å². The van der Waals surface area contributed by atoms with Gasteiger partial charge >= 0.3 is 0 Å². The minimum absolute atomic E-state index is 0.217. The highest BCUT2D eigenvalue weighted by molar-refractivity contribution is 7.21. The average molecular weight is 399 g/mol. The summed E-state index contributed by atoms with van der Waals surface area (Å²) in [5.74, 6) is -0.774. The Hall–Kier alpha value is -2.80. The predicted molar refractivity (Wildman–Crippen MR) is 113 cm³/mol. The lowest BCUT2D eigenvalue weighted by molar-refractivity contribution is 0.102. The van der Waals surface area contributed by atoms with Crippen LogP contribution in [0.5, 0.6) is 0 Å². The summed E-state index contributed by atoms with van der Waals surface area (Å²) >= 11 is 1.45. The Morgan fingerprint density at radius 3 is 2.32 bits per heavy atom. The molecule has 28 heavy (non-hydrogen) atoms. The Morgan fingerprint density at radius 1 is 1.07 bits per heavy atom. The summed E-state index contributed by atoms with van der Waals surface area (Å²) in [6.07, 6.45) is 0. The molecule has 1 N–H and O–H groups in total. The second kappa shape index (κ2) is 8.06. The van der Waals surface area contributed by atoms with E-state index in [0.29, 0.717) is 21.8 Å². The summed E-state index contributed by atoms with van der Waals surface area (Å²) in [6, 6.07) is 10.9. The number of nitrogens with one attached hydrogen (secondary N) is 1. The topological polar surface area (TPSA) is 62.3 Å². The summed E-state index contributed by atoms with van der Waals surface area (Å²) in [5, 5.41) is 3.88. The molecule has 1 amide bonds. The number of hydrogen-bond donors (Lipinski definition) is 1. The van der Waals surface area contributed by atoms with Gasteiger partial charge in [-0.3, -0.25) is 9.59 Å². The molecule has 0 aliphatic heterocycles. The van der Waals surface area contributed by atoms with Crippen LogP contribution >= 0.6 is 11.3 Å². The zero-order chi connectivity index (χ0) is 20.4. The highest BCUT2D eigenvalue weighted by Gasteiger charge is 2.18. The minimum Gasteiger partial charge on any atom is -0.343 e. The van der Waals surface area contributed by atoms with Crippen molar-refractivity contribution in [2.75, 3.05) is 10.2 Å². The summed E-state index contributed by atoms with van der Waals surface area (Å²) in [4.78, 5) is 31.3. The molecule has 0 unspecified atom stereocenters. The fourth-order valence-electron chi connectivity index (χ4n) is 3.09. The molecule has 146 valence electrons. The fraction of sp³-hybridized carbons (Fsp3) is 0.286. The summed E-state index contributed by atoms with van der Waals surface area (Å²) in [6.45, 7) is 8.27. The van der Waals surface area contributed by atoms with Crippen LogP contribution in [-0.4, -0.2) is 23.0 Å². The SMILES string of the molecule is CC(C)N(c1nc(=O)c2cc(NC(=O)c3ccc(F)cc3)ccc2s1)C(C)C. The van der Waals surface area contributed by atoms with Gasteiger partial charge in [0.05, 0.1) is 5.39 Å². The zero-order valence-electron chi connectivity index (χ0n) is 16.2. The number of halogens is 1. The van der Waals surface area contributed by atoms with Crippen molar-refractivity contribution in [3.8, 4) is 0 Å². The van der Waals surface area contributed by atoms with Gasteiger partial charge in [0.25, 0.3) is 11.5 Å². The summed E-state index contributed by atoms with van der Waals surface area (Å²) in [7, 11) is 0. The van der Waals surface area contributed by atoms with E-state index in [2.05, 4.69) is 42.9 Å². The Bertz CT molecular complexity index is 1050. The maximum atomic E-state index is 13.0. The fourth-order valence-corrected chi connectivity index (χ4v) is 4.33. The van der Waals surface area contributed by atoms with E-state index < -0.39 is 5.82 Å². The predicted octanol–water partition coefficient (Wildman–Crippen LogP) is 4.67. The van der Waals surface area contributed by atoms with Crippen molar-refractivity contribution in [3.63, 3.8) is 0 Å². The highest BCUT2D eigenvalue weighted by atomic mass is 32.1. The Morgan fingerprint density at radius 2 is 1.71 bits per heavy atom. The maximum Gasteiger partial charge on any atom is 0.281 e. The zero-order valence-corrected chi connectivity index (χ0v) is 17.0. The van der Waals surface area contributed by atoms with Crippen LogP contribution in [0, 0.1) is 5.82 Å². The van der Waals surface area contributed by atoms with Crippen molar-refractivity contribution in [2.24, 2.45) is 0 Å². The van der Waals surface area contributed by atoms with Gasteiger partial charge in [0.15, 0.2) is 5.13 Å². The largest absolute Gasteiger partial charge is 0.343 e. The van der Waals surface area contributed by atoms with Crippen LogP contribution in [0.2, 0.25) is 0 Å². The van der Waals surface area contributed by atoms with Crippen LogP contribution in [0.15, 0.2) is 47.3 Å². The number of nitrogens with zero attached hydrogens (tertiary/aromatic N) is 2. The lowest BCUT2D eigenvalue weighted by atomic mass is 10.2. The van der Waals surface area contributed by atoms with E-state index in [1.165, 1.54) is 35.6 Å². The Balaban J connectivity index is 1.93. The number of benzene rings is 2. The first kappa shape index (κ1) is 19.9. The van der Waals surface area contributed by atoms with E-state index >= 15 is 0 Å². The van der Waals surface area contributed by atoms with Gasteiger partial charge in [-0.2, -0.15) is 4.98 Å². The standard InChI is InChI=1S/C21H22FN3O2S/c1-12(2)25(13(3)4)21-24-20(27)17-11-16(9-10-18(17)28-21)23-19(26)14-5-7-15(22)8-6-14/h5-13H,1-4H3,(H,23,26). The second-order valence-electron chi connectivity index (χ2n) is 7.07. The molecule has 0 aliphatic rings. The van der Waals surface area contributed by atoms with Gasteiger partial charge in [0, 0.05) is 28.0 Å². The van der Waals surface area contributed by atoms with Crippen LogP contribution in [0.25, 0.3) is 10.1 Å². The molecule has 0 saturated carbocycles. The molecule has 1 heterocycles. The van der Waals surface area contributed by atoms with E-state index in [-0.39, 0.29) is 23.6 Å². The van der Waals surface area contributed by atoms with Crippen LogP contribution in [-0.2, 0) is 0 Å². The van der Waals surface area contributed by atoms with Gasteiger partial charge in [-0.05, 0) is 70.2 Å². The molecule has 7 heteroatoms. The van der Waals surface area contributed by atoms with E-state index in [1.807, 2.05) is 6.07 Å². The van der Waals surface area contributed by atoms with E-state index in [1.54, 1.807) is 12.1 Å². The first-order chi connectivity index (χ1) is 13.3. The number of carbonyl (C=O) groups is 1. The molecule has 1 aromatic heterocycles. The third kappa shape index (κ3) is 4.20. The molecule has 0 saturated heterocycles. The third-order valence-corrected chi connectivity index (χ3v) is 5.37. The normalized spacial score (nSPS) is 11.2. The first-order valence-corrected chi connectivity index (χ1v) is 9.88.